The van der Waals surface area contributed by atoms with Gasteiger partial charge in [-0.1, -0.05) is 24.3 Å². The summed E-state index contributed by atoms with van der Waals surface area (Å²) in [6.45, 7) is 5.78. The van der Waals surface area contributed by atoms with Gasteiger partial charge in [0.15, 0.2) is 5.82 Å². The van der Waals surface area contributed by atoms with Crippen LogP contribution in [0.4, 0.5) is 8.78 Å². The number of ether oxygens (including phenoxy) is 1. The van der Waals surface area contributed by atoms with E-state index in [2.05, 4.69) is 11.6 Å². The average molecular weight is 261 g/mol. The second-order valence-corrected chi connectivity index (χ2v) is 4.31. The molecular weight excluding hydrogens is 248 g/mol. The van der Waals surface area contributed by atoms with E-state index in [1.165, 1.54) is 6.07 Å². The quantitative estimate of drug-likeness (QED) is 0.605. The van der Waals surface area contributed by atoms with Gasteiger partial charge in [-0.05, 0) is 37.1 Å². The molecule has 2 aromatic rings. The van der Waals surface area contributed by atoms with Crippen LogP contribution in [0.2, 0.25) is 0 Å². The van der Waals surface area contributed by atoms with Gasteiger partial charge in [0.2, 0.25) is 5.88 Å². The van der Waals surface area contributed by atoms with Crippen LogP contribution in [-0.4, -0.2) is 4.98 Å². The Hall–Kier alpha value is -2.23. The van der Waals surface area contributed by atoms with Gasteiger partial charge in [-0.3, -0.25) is 0 Å². The second kappa shape index (κ2) is 5.61. The molecule has 2 nitrogen and oxygen atoms in total. The summed E-state index contributed by atoms with van der Waals surface area (Å²) in [7, 11) is 0. The lowest BCUT2D eigenvalue weighted by Gasteiger charge is -2.07. The third-order valence-electron chi connectivity index (χ3n) is 2.40. The van der Waals surface area contributed by atoms with Crippen molar-refractivity contribution in [3.8, 4) is 11.6 Å². The standard InChI is InChI=1S/C15H13F2NO/c1-10(2)8-11-4-3-5-12(9-11)19-14-7-6-13(16)15(17)18-14/h3-7,9H,1,8H2,2H3. The lowest BCUT2D eigenvalue weighted by molar-refractivity contribution is 0.421. The number of pyridine rings is 1. The van der Waals surface area contributed by atoms with Crippen molar-refractivity contribution in [2.75, 3.05) is 0 Å². The van der Waals surface area contributed by atoms with Crippen molar-refractivity contribution in [3.05, 3.63) is 65.9 Å². The van der Waals surface area contributed by atoms with E-state index < -0.39 is 11.8 Å². The Balaban J connectivity index is 2.18. The second-order valence-electron chi connectivity index (χ2n) is 4.31. The zero-order valence-corrected chi connectivity index (χ0v) is 10.5. The number of allylic oxidation sites excluding steroid dienone is 1. The molecule has 0 saturated carbocycles. The molecule has 2 rings (SSSR count). The minimum atomic E-state index is -1.17. The summed E-state index contributed by atoms with van der Waals surface area (Å²) in [6, 6.07) is 9.58. The van der Waals surface area contributed by atoms with Gasteiger partial charge in [-0.2, -0.15) is 9.37 Å². The molecule has 0 unspecified atom stereocenters. The predicted octanol–water partition coefficient (Wildman–Crippen LogP) is 4.27. The molecule has 0 spiro atoms. The molecule has 0 aliphatic heterocycles. The van der Waals surface area contributed by atoms with Crippen molar-refractivity contribution in [2.24, 2.45) is 0 Å². The Morgan fingerprint density at radius 1 is 1.26 bits per heavy atom. The number of halogens is 2. The number of rotatable bonds is 4. The van der Waals surface area contributed by atoms with Crippen molar-refractivity contribution in [1.82, 2.24) is 4.98 Å². The maximum absolute atomic E-state index is 13.0. The van der Waals surface area contributed by atoms with Gasteiger partial charge in [0.25, 0.3) is 5.95 Å². The largest absolute Gasteiger partial charge is 0.439 e. The molecule has 0 bridgehead atoms. The fourth-order valence-corrected chi connectivity index (χ4v) is 1.65. The molecular formula is C15H13F2NO. The third kappa shape index (κ3) is 3.61. The van der Waals surface area contributed by atoms with E-state index in [-0.39, 0.29) is 5.88 Å². The van der Waals surface area contributed by atoms with Gasteiger partial charge < -0.3 is 4.74 Å². The Morgan fingerprint density at radius 2 is 2.05 bits per heavy atom. The van der Waals surface area contributed by atoms with E-state index in [9.17, 15) is 8.78 Å². The first kappa shape index (κ1) is 13.2. The minimum absolute atomic E-state index is 0.0198. The molecule has 19 heavy (non-hydrogen) atoms. The van der Waals surface area contributed by atoms with Crippen molar-refractivity contribution in [1.29, 1.82) is 0 Å². The van der Waals surface area contributed by atoms with Crippen LogP contribution in [0.25, 0.3) is 0 Å². The van der Waals surface area contributed by atoms with Gasteiger partial charge in [-0.25, -0.2) is 4.39 Å². The predicted molar refractivity (Wildman–Crippen MR) is 69.2 cm³/mol. The highest BCUT2D eigenvalue weighted by Gasteiger charge is 2.06. The van der Waals surface area contributed by atoms with Crippen molar-refractivity contribution in [3.63, 3.8) is 0 Å². The van der Waals surface area contributed by atoms with Crippen LogP contribution in [0.1, 0.15) is 12.5 Å². The van der Waals surface area contributed by atoms with Crippen LogP contribution >= 0.6 is 0 Å². The lowest BCUT2D eigenvalue weighted by Crippen LogP contribution is -1.94. The molecule has 0 atom stereocenters. The summed E-state index contributed by atoms with van der Waals surface area (Å²) in [4.78, 5) is 3.38. The summed E-state index contributed by atoms with van der Waals surface area (Å²) >= 11 is 0. The molecule has 0 radical (unpaired) electrons. The smallest absolute Gasteiger partial charge is 0.252 e. The summed E-state index contributed by atoms with van der Waals surface area (Å²) in [6.07, 6.45) is 0.738. The molecule has 0 N–H and O–H groups in total. The number of hydrogen-bond acceptors (Lipinski definition) is 2. The van der Waals surface area contributed by atoms with Crippen LogP contribution in [0.15, 0.2) is 48.6 Å². The summed E-state index contributed by atoms with van der Waals surface area (Å²) < 4.78 is 31.1. The molecule has 0 amide bonds. The van der Waals surface area contributed by atoms with Crippen molar-refractivity contribution in [2.45, 2.75) is 13.3 Å². The first-order valence-corrected chi connectivity index (χ1v) is 5.78. The molecule has 98 valence electrons. The first-order valence-electron chi connectivity index (χ1n) is 5.78. The molecule has 0 aliphatic carbocycles. The first-order chi connectivity index (χ1) is 9.04. The Kier molecular flexibility index (Phi) is 3.90. The van der Waals surface area contributed by atoms with Crippen LogP contribution in [0, 0.1) is 11.8 Å². The minimum Gasteiger partial charge on any atom is -0.439 e. The van der Waals surface area contributed by atoms with Crippen molar-refractivity contribution >= 4 is 0 Å². The highest BCUT2D eigenvalue weighted by molar-refractivity contribution is 5.33. The van der Waals surface area contributed by atoms with E-state index in [4.69, 9.17) is 4.74 Å². The highest BCUT2D eigenvalue weighted by Crippen LogP contribution is 2.22. The van der Waals surface area contributed by atoms with Gasteiger partial charge in [-0.15, -0.1) is 0 Å². The Morgan fingerprint density at radius 3 is 2.74 bits per heavy atom. The fourth-order valence-electron chi connectivity index (χ4n) is 1.65. The Labute approximate surface area is 110 Å². The van der Waals surface area contributed by atoms with E-state index >= 15 is 0 Å². The molecule has 0 aliphatic rings. The van der Waals surface area contributed by atoms with Gasteiger partial charge in [0.05, 0.1) is 0 Å². The van der Waals surface area contributed by atoms with Crippen LogP contribution in [0.3, 0.4) is 0 Å². The van der Waals surface area contributed by atoms with E-state index in [0.29, 0.717) is 5.75 Å². The monoisotopic (exact) mass is 261 g/mol. The van der Waals surface area contributed by atoms with Gasteiger partial charge in [0, 0.05) is 6.07 Å². The molecule has 0 saturated heterocycles. The summed E-state index contributed by atoms with van der Waals surface area (Å²) in [5, 5.41) is 0. The fraction of sp³-hybridized carbons (Fsp3) is 0.133. The molecule has 1 aromatic carbocycles. The van der Waals surface area contributed by atoms with Crippen LogP contribution in [-0.2, 0) is 6.42 Å². The molecule has 0 fully saturated rings. The average Bonchev–Trinajstić information content (AvgIpc) is 2.33. The maximum atomic E-state index is 13.0. The highest BCUT2D eigenvalue weighted by atomic mass is 19.2. The normalized spacial score (nSPS) is 10.3. The summed E-state index contributed by atoms with van der Waals surface area (Å²) in [5.41, 5.74) is 2.07. The zero-order chi connectivity index (χ0) is 13.8. The molecule has 1 aromatic heterocycles. The summed E-state index contributed by atoms with van der Waals surface area (Å²) in [5.74, 6) is -1.62. The molecule has 1 heterocycles. The van der Waals surface area contributed by atoms with Crippen LogP contribution in [0.5, 0.6) is 11.6 Å². The van der Waals surface area contributed by atoms with Crippen molar-refractivity contribution < 1.29 is 13.5 Å². The lowest BCUT2D eigenvalue weighted by atomic mass is 10.1. The number of aromatic nitrogens is 1. The van der Waals surface area contributed by atoms with E-state index in [1.807, 2.05) is 25.1 Å². The zero-order valence-electron chi connectivity index (χ0n) is 10.5. The number of hydrogen-bond donors (Lipinski definition) is 0. The number of benzene rings is 1. The van der Waals surface area contributed by atoms with E-state index in [1.54, 1.807) is 6.07 Å². The topological polar surface area (TPSA) is 22.1 Å². The van der Waals surface area contributed by atoms with Gasteiger partial charge in [0.1, 0.15) is 5.75 Å². The third-order valence-corrected chi connectivity index (χ3v) is 2.40. The maximum Gasteiger partial charge on any atom is 0.252 e. The van der Waals surface area contributed by atoms with Gasteiger partial charge >= 0.3 is 0 Å². The SMILES string of the molecule is C=C(C)Cc1cccc(Oc2ccc(F)c(F)n2)c1. The number of nitrogens with zero attached hydrogens (tertiary/aromatic N) is 1. The Bertz CT molecular complexity index is 611. The molecule has 4 heteroatoms. The van der Waals surface area contributed by atoms with E-state index in [0.717, 1.165) is 23.6 Å². The van der Waals surface area contributed by atoms with Crippen LogP contribution < -0.4 is 4.74 Å².